The van der Waals surface area contributed by atoms with Crippen LogP contribution in [-0.4, -0.2) is 71.6 Å². The summed E-state index contributed by atoms with van der Waals surface area (Å²) < 4.78 is 0. The van der Waals surface area contributed by atoms with Gasteiger partial charge in [0.1, 0.15) is 5.82 Å². The van der Waals surface area contributed by atoms with Crippen molar-refractivity contribution in [2.24, 2.45) is 5.73 Å². The summed E-state index contributed by atoms with van der Waals surface area (Å²) in [5, 5.41) is 6.78. The van der Waals surface area contributed by atoms with Crippen LogP contribution < -0.4 is 21.3 Å². The Morgan fingerprint density at radius 2 is 1.78 bits per heavy atom. The van der Waals surface area contributed by atoms with E-state index in [1.807, 2.05) is 12.3 Å². The highest BCUT2D eigenvalue weighted by atomic mass is 16.1. The molecule has 0 aromatic carbocycles. The van der Waals surface area contributed by atoms with E-state index in [2.05, 4.69) is 25.4 Å². The fourth-order valence-corrected chi connectivity index (χ4v) is 5.67. The predicted molar refractivity (Wildman–Crippen MR) is 129 cm³/mol. The first kappa shape index (κ1) is 23.2. The number of anilines is 2. The molecule has 3 heterocycles. The van der Waals surface area contributed by atoms with Gasteiger partial charge in [0, 0.05) is 63.5 Å². The van der Waals surface area contributed by atoms with Crippen LogP contribution in [0.1, 0.15) is 70.6 Å². The summed E-state index contributed by atoms with van der Waals surface area (Å²) >= 11 is 0. The van der Waals surface area contributed by atoms with Gasteiger partial charge in [-0.1, -0.05) is 32.1 Å². The van der Waals surface area contributed by atoms with Crippen molar-refractivity contribution in [2.75, 3.05) is 42.9 Å². The van der Waals surface area contributed by atoms with Gasteiger partial charge in [-0.05, 0) is 38.2 Å². The Morgan fingerprint density at radius 1 is 1.03 bits per heavy atom. The van der Waals surface area contributed by atoms with Crippen LogP contribution in [0.15, 0.2) is 12.3 Å². The number of amides is 1. The number of rotatable bonds is 8. The molecule has 2 atom stereocenters. The zero-order chi connectivity index (χ0) is 22.2. The number of hydrogen-bond acceptors (Lipinski definition) is 7. The van der Waals surface area contributed by atoms with E-state index in [1.54, 1.807) is 0 Å². The van der Waals surface area contributed by atoms with E-state index in [1.165, 1.54) is 57.8 Å². The fourth-order valence-electron chi connectivity index (χ4n) is 5.67. The van der Waals surface area contributed by atoms with E-state index in [4.69, 9.17) is 10.7 Å². The van der Waals surface area contributed by atoms with Crippen LogP contribution in [-0.2, 0) is 4.79 Å². The van der Waals surface area contributed by atoms with Gasteiger partial charge in [0.2, 0.25) is 11.9 Å². The van der Waals surface area contributed by atoms with E-state index in [0.717, 1.165) is 31.9 Å². The fraction of sp³-hybridized carbons (Fsp3) is 0.792. The van der Waals surface area contributed by atoms with Crippen LogP contribution in [0, 0.1) is 0 Å². The van der Waals surface area contributed by atoms with E-state index >= 15 is 0 Å². The van der Waals surface area contributed by atoms with Gasteiger partial charge in [-0.2, -0.15) is 4.98 Å². The second-order valence-corrected chi connectivity index (χ2v) is 9.62. The third kappa shape index (κ3) is 6.10. The van der Waals surface area contributed by atoms with Gasteiger partial charge in [0.15, 0.2) is 0 Å². The van der Waals surface area contributed by atoms with E-state index in [0.29, 0.717) is 31.5 Å². The topological polar surface area (TPSA) is 99.4 Å². The molecule has 1 aliphatic carbocycles. The molecule has 32 heavy (non-hydrogen) atoms. The maximum atomic E-state index is 12.1. The Kier molecular flexibility index (Phi) is 8.56. The number of likely N-dealkylation sites (tertiary alicyclic amines) is 1. The summed E-state index contributed by atoms with van der Waals surface area (Å²) in [5.74, 6) is 1.78. The van der Waals surface area contributed by atoms with Crippen molar-refractivity contribution in [1.82, 2.24) is 20.2 Å². The summed E-state index contributed by atoms with van der Waals surface area (Å²) in [7, 11) is 0. The van der Waals surface area contributed by atoms with Gasteiger partial charge in [-0.15, -0.1) is 0 Å². The summed E-state index contributed by atoms with van der Waals surface area (Å²) in [6.07, 6.45) is 14.9. The predicted octanol–water partition coefficient (Wildman–Crippen LogP) is 2.51. The number of nitrogens with zero attached hydrogens (tertiary/aromatic N) is 4. The third-order valence-corrected chi connectivity index (χ3v) is 7.40. The SMILES string of the molecule is NCCC(=O)NC[C@@H]1[C@@H](Nc2nccc(N3CCCCCC3)n2)CCN1C1CCCCC1. The molecule has 0 bridgehead atoms. The maximum Gasteiger partial charge on any atom is 0.224 e. The van der Waals surface area contributed by atoms with Gasteiger partial charge in [0.05, 0.1) is 0 Å². The molecule has 178 valence electrons. The molecular formula is C24H41N7O. The first-order valence-electron chi connectivity index (χ1n) is 12.8. The minimum Gasteiger partial charge on any atom is -0.356 e. The second kappa shape index (κ2) is 11.8. The Bertz CT molecular complexity index is 716. The Balaban J connectivity index is 1.44. The first-order chi connectivity index (χ1) is 15.7. The van der Waals surface area contributed by atoms with Crippen LogP contribution in [0.5, 0.6) is 0 Å². The lowest BCUT2D eigenvalue weighted by molar-refractivity contribution is -0.121. The highest BCUT2D eigenvalue weighted by molar-refractivity contribution is 5.76. The molecular weight excluding hydrogens is 402 g/mol. The highest BCUT2D eigenvalue weighted by Crippen LogP contribution is 2.30. The van der Waals surface area contributed by atoms with Crippen LogP contribution >= 0.6 is 0 Å². The molecule has 2 aliphatic heterocycles. The standard InChI is InChI=1S/C24H41N7O/c25-13-10-23(32)27-18-21-20(12-17-31(21)19-8-4-3-5-9-19)28-24-26-14-11-22(29-24)30-15-6-1-2-7-16-30/h11,14,19-21H,1-10,12-13,15-18,25H2,(H,27,32)(H,26,28,29)/t20-,21+/m0/s1. The van der Waals surface area contributed by atoms with Gasteiger partial charge in [-0.3, -0.25) is 9.69 Å². The minimum atomic E-state index is 0.0427. The summed E-state index contributed by atoms with van der Waals surface area (Å²) in [6, 6.07) is 3.14. The Morgan fingerprint density at radius 3 is 2.53 bits per heavy atom. The summed E-state index contributed by atoms with van der Waals surface area (Å²) in [5.41, 5.74) is 5.57. The molecule has 4 N–H and O–H groups in total. The molecule has 3 aliphatic rings. The molecule has 1 aromatic rings. The van der Waals surface area contributed by atoms with Gasteiger partial charge in [-0.25, -0.2) is 4.98 Å². The van der Waals surface area contributed by atoms with Crippen molar-refractivity contribution in [1.29, 1.82) is 0 Å². The second-order valence-electron chi connectivity index (χ2n) is 9.62. The molecule has 3 fully saturated rings. The average Bonchev–Trinajstić information content (AvgIpc) is 3.02. The average molecular weight is 444 g/mol. The molecule has 8 nitrogen and oxygen atoms in total. The number of hydrogen-bond donors (Lipinski definition) is 3. The van der Waals surface area contributed by atoms with Gasteiger partial charge in [0.25, 0.3) is 0 Å². The van der Waals surface area contributed by atoms with E-state index in [-0.39, 0.29) is 18.0 Å². The normalized spacial score (nSPS) is 25.5. The van der Waals surface area contributed by atoms with E-state index in [9.17, 15) is 4.79 Å². The Hall–Kier alpha value is -1.93. The zero-order valence-corrected chi connectivity index (χ0v) is 19.5. The van der Waals surface area contributed by atoms with Gasteiger partial charge < -0.3 is 21.3 Å². The number of aromatic nitrogens is 2. The van der Waals surface area contributed by atoms with Crippen LogP contribution in [0.25, 0.3) is 0 Å². The molecule has 1 aromatic heterocycles. The molecule has 1 amide bonds. The molecule has 0 spiro atoms. The molecule has 8 heteroatoms. The lowest BCUT2D eigenvalue weighted by Gasteiger charge is -2.37. The zero-order valence-electron chi connectivity index (χ0n) is 19.5. The molecule has 4 rings (SSSR count). The molecule has 0 radical (unpaired) electrons. The monoisotopic (exact) mass is 443 g/mol. The van der Waals surface area contributed by atoms with Crippen molar-refractivity contribution in [3.8, 4) is 0 Å². The highest BCUT2D eigenvalue weighted by Gasteiger charge is 2.38. The van der Waals surface area contributed by atoms with E-state index < -0.39 is 0 Å². The largest absolute Gasteiger partial charge is 0.356 e. The Labute approximate surface area is 192 Å². The minimum absolute atomic E-state index is 0.0427. The van der Waals surface area contributed by atoms with Crippen molar-refractivity contribution < 1.29 is 4.79 Å². The van der Waals surface area contributed by atoms with Crippen molar-refractivity contribution in [3.63, 3.8) is 0 Å². The lowest BCUT2D eigenvalue weighted by Crippen LogP contribution is -2.51. The van der Waals surface area contributed by atoms with Crippen LogP contribution in [0.2, 0.25) is 0 Å². The quantitative estimate of drug-likeness (QED) is 0.568. The van der Waals surface area contributed by atoms with Crippen LogP contribution in [0.3, 0.4) is 0 Å². The summed E-state index contributed by atoms with van der Waals surface area (Å²) in [4.78, 5) is 26.6. The maximum absolute atomic E-state index is 12.1. The van der Waals surface area contributed by atoms with Gasteiger partial charge >= 0.3 is 0 Å². The molecule has 2 saturated heterocycles. The van der Waals surface area contributed by atoms with Crippen molar-refractivity contribution >= 4 is 17.7 Å². The molecule has 1 saturated carbocycles. The van der Waals surface area contributed by atoms with Crippen LogP contribution in [0.4, 0.5) is 11.8 Å². The van der Waals surface area contributed by atoms with Crippen molar-refractivity contribution in [2.45, 2.75) is 88.8 Å². The van der Waals surface area contributed by atoms with Crippen molar-refractivity contribution in [3.05, 3.63) is 12.3 Å². The lowest BCUT2D eigenvalue weighted by atomic mass is 9.93. The first-order valence-corrected chi connectivity index (χ1v) is 12.8. The number of nitrogens with one attached hydrogen (secondary N) is 2. The third-order valence-electron chi connectivity index (χ3n) is 7.40. The number of nitrogens with two attached hydrogens (primary N) is 1. The number of carbonyl (C=O) groups excluding carboxylic acids is 1. The smallest absolute Gasteiger partial charge is 0.224 e. The summed E-state index contributed by atoms with van der Waals surface area (Å²) in [6.45, 7) is 4.25. The molecule has 0 unspecified atom stereocenters. The number of carbonyl (C=O) groups is 1.